The van der Waals surface area contributed by atoms with Crippen LogP contribution in [0.3, 0.4) is 0 Å². The van der Waals surface area contributed by atoms with E-state index in [1.807, 2.05) is 18.2 Å². The Morgan fingerprint density at radius 1 is 1.11 bits per heavy atom. The van der Waals surface area contributed by atoms with E-state index in [0.717, 1.165) is 31.7 Å². The number of hydrogen-bond donors (Lipinski definition) is 1. The number of methoxy groups -OCH3 is 1. The lowest BCUT2D eigenvalue weighted by Gasteiger charge is -2.18. The molecule has 1 N–H and O–H groups in total. The predicted octanol–water partition coefficient (Wildman–Crippen LogP) is 2.68. The van der Waals surface area contributed by atoms with Gasteiger partial charge in [-0.1, -0.05) is 31.0 Å². The molecular weight excluding hydrogens is 226 g/mol. The van der Waals surface area contributed by atoms with Crippen molar-refractivity contribution >= 4 is 0 Å². The second-order valence-corrected chi connectivity index (χ2v) is 4.69. The summed E-state index contributed by atoms with van der Waals surface area (Å²) in [4.78, 5) is 2.32. The Labute approximate surface area is 110 Å². The van der Waals surface area contributed by atoms with Crippen molar-refractivity contribution in [3.05, 3.63) is 29.8 Å². The highest BCUT2D eigenvalue weighted by atomic mass is 16.5. The van der Waals surface area contributed by atoms with Crippen LogP contribution < -0.4 is 4.74 Å². The van der Waals surface area contributed by atoms with Gasteiger partial charge in [0.1, 0.15) is 5.75 Å². The van der Waals surface area contributed by atoms with Crippen LogP contribution in [0.1, 0.15) is 31.2 Å². The SMILES string of the molecule is COc1ccccc1CN(C)CCCCCCO. The first-order chi connectivity index (χ1) is 8.77. The van der Waals surface area contributed by atoms with E-state index >= 15 is 0 Å². The molecule has 0 aliphatic rings. The van der Waals surface area contributed by atoms with Crippen LogP contribution in [0.2, 0.25) is 0 Å². The van der Waals surface area contributed by atoms with E-state index < -0.39 is 0 Å². The number of unbranched alkanes of at least 4 members (excludes halogenated alkanes) is 3. The van der Waals surface area contributed by atoms with Crippen molar-refractivity contribution in [2.75, 3.05) is 27.3 Å². The number of rotatable bonds is 9. The van der Waals surface area contributed by atoms with E-state index in [0.29, 0.717) is 6.61 Å². The van der Waals surface area contributed by atoms with Crippen LogP contribution in [-0.2, 0) is 6.54 Å². The van der Waals surface area contributed by atoms with Gasteiger partial charge in [0.25, 0.3) is 0 Å². The van der Waals surface area contributed by atoms with Gasteiger partial charge in [0.2, 0.25) is 0 Å². The zero-order valence-corrected chi connectivity index (χ0v) is 11.6. The van der Waals surface area contributed by atoms with Crippen LogP contribution in [0, 0.1) is 0 Å². The standard InChI is InChI=1S/C15H25NO2/c1-16(11-7-3-4-8-12-17)13-14-9-5-6-10-15(14)18-2/h5-6,9-10,17H,3-4,7-8,11-13H2,1-2H3. The lowest BCUT2D eigenvalue weighted by molar-refractivity contribution is 0.276. The highest BCUT2D eigenvalue weighted by Crippen LogP contribution is 2.18. The molecule has 18 heavy (non-hydrogen) atoms. The molecule has 0 fully saturated rings. The topological polar surface area (TPSA) is 32.7 Å². The maximum absolute atomic E-state index is 8.70. The summed E-state index contributed by atoms with van der Waals surface area (Å²) in [6.45, 7) is 2.32. The van der Waals surface area contributed by atoms with Gasteiger partial charge in [0.15, 0.2) is 0 Å². The minimum Gasteiger partial charge on any atom is -0.496 e. The average molecular weight is 251 g/mol. The van der Waals surface area contributed by atoms with E-state index in [9.17, 15) is 0 Å². The molecule has 0 saturated carbocycles. The minimum atomic E-state index is 0.317. The molecule has 0 aromatic heterocycles. The molecule has 0 spiro atoms. The van der Waals surface area contributed by atoms with Crippen LogP contribution in [0.4, 0.5) is 0 Å². The zero-order chi connectivity index (χ0) is 13.2. The van der Waals surface area contributed by atoms with Crippen LogP contribution in [-0.4, -0.2) is 37.3 Å². The maximum atomic E-state index is 8.70. The summed E-state index contributed by atoms with van der Waals surface area (Å²) in [7, 11) is 3.85. The third kappa shape index (κ3) is 5.52. The van der Waals surface area contributed by atoms with Gasteiger partial charge in [-0.2, -0.15) is 0 Å². The zero-order valence-electron chi connectivity index (χ0n) is 11.6. The van der Waals surface area contributed by atoms with Crippen molar-refractivity contribution in [1.29, 1.82) is 0 Å². The number of hydrogen-bond acceptors (Lipinski definition) is 3. The normalized spacial score (nSPS) is 10.9. The van der Waals surface area contributed by atoms with Gasteiger partial charge in [-0.25, -0.2) is 0 Å². The molecule has 0 amide bonds. The van der Waals surface area contributed by atoms with Crippen molar-refractivity contribution in [3.8, 4) is 5.75 Å². The highest BCUT2D eigenvalue weighted by Gasteiger charge is 2.05. The van der Waals surface area contributed by atoms with E-state index in [1.165, 1.54) is 18.4 Å². The molecule has 1 rings (SSSR count). The number of nitrogens with zero attached hydrogens (tertiary/aromatic N) is 1. The third-order valence-electron chi connectivity index (χ3n) is 3.08. The fourth-order valence-corrected chi connectivity index (χ4v) is 2.05. The van der Waals surface area contributed by atoms with Gasteiger partial charge in [-0.3, -0.25) is 0 Å². The summed E-state index contributed by atoms with van der Waals surface area (Å²) in [6.07, 6.45) is 4.43. The molecule has 0 radical (unpaired) electrons. The summed E-state index contributed by atoms with van der Waals surface area (Å²) < 4.78 is 5.35. The molecule has 0 saturated heterocycles. The fourth-order valence-electron chi connectivity index (χ4n) is 2.05. The molecule has 3 heteroatoms. The summed E-state index contributed by atoms with van der Waals surface area (Å²) in [5.41, 5.74) is 1.23. The molecule has 0 unspecified atom stereocenters. The molecular formula is C15H25NO2. The molecule has 1 aromatic carbocycles. The molecule has 3 nitrogen and oxygen atoms in total. The van der Waals surface area contributed by atoms with Crippen LogP contribution in [0.15, 0.2) is 24.3 Å². The van der Waals surface area contributed by atoms with Crippen LogP contribution in [0.25, 0.3) is 0 Å². The van der Waals surface area contributed by atoms with Crippen LogP contribution in [0.5, 0.6) is 5.75 Å². The van der Waals surface area contributed by atoms with E-state index in [2.05, 4.69) is 18.0 Å². The smallest absolute Gasteiger partial charge is 0.123 e. The average Bonchev–Trinajstić information content (AvgIpc) is 2.39. The van der Waals surface area contributed by atoms with Crippen LogP contribution >= 0.6 is 0 Å². The molecule has 0 aliphatic heterocycles. The van der Waals surface area contributed by atoms with E-state index in [1.54, 1.807) is 7.11 Å². The van der Waals surface area contributed by atoms with Gasteiger partial charge in [0, 0.05) is 18.7 Å². The predicted molar refractivity (Wildman–Crippen MR) is 74.9 cm³/mol. The number of benzene rings is 1. The van der Waals surface area contributed by atoms with Gasteiger partial charge in [0.05, 0.1) is 7.11 Å². The molecule has 0 heterocycles. The largest absolute Gasteiger partial charge is 0.496 e. The van der Waals surface area contributed by atoms with Crippen molar-refractivity contribution in [1.82, 2.24) is 4.90 Å². The molecule has 0 aliphatic carbocycles. The first kappa shape index (κ1) is 15.0. The molecule has 1 aromatic rings. The lowest BCUT2D eigenvalue weighted by Crippen LogP contribution is -2.19. The first-order valence-electron chi connectivity index (χ1n) is 6.69. The Balaban J connectivity index is 2.28. The van der Waals surface area contributed by atoms with Gasteiger partial charge in [-0.15, -0.1) is 0 Å². The van der Waals surface area contributed by atoms with Crippen molar-refractivity contribution in [2.24, 2.45) is 0 Å². The highest BCUT2D eigenvalue weighted by molar-refractivity contribution is 5.32. The monoisotopic (exact) mass is 251 g/mol. The number of aliphatic hydroxyl groups excluding tert-OH is 1. The van der Waals surface area contributed by atoms with E-state index in [4.69, 9.17) is 9.84 Å². The van der Waals surface area contributed by atoms with Crippen molar-refractivity contribution in [3.63, 3.8) is 0 Å². The Hall–Kier alpha value is -1.06. The number of aliphatic hydroxyl groups is 1. The summed E-state index contributed by atoms with van der Waals surface area (Å²) in [6, 6.07) is 8.16. The lowest BCUT2D eigenvalue weighted by atomic mass is 10.1. The second-order valence-electron chi connectivity index (χ2n) is 4.69. The van der Waals surface area contributed by atoms with Gasteiger partial charge >= 0.3 is 0 Å². The Morgan fingerprint density at radius 2 is 1.83 bits per heavy atom. The molecule has 0 bridgehead atoms. The Morgan fingerprint density at radius 3 is 2.56 bits per heavy atom. The number of ether oxygens (including phenoxy) is 1. The quantitative estimate of drug-likeness (QED) is 0.685. The van der Waals surface area contributed by atoms with E-state index in [-0.39, 0.29) is 0 Å². The Bertz CT molecular complexity index is 328. The van der Waals surface area contributed by atoms with Gasteiger partial charge < -0.3 is 14.7 Å². The summed E-state index contributed by atoms with van der Waals surface area (Å²) in [5, 5.41) is 8.70. The number of para-hydroxylation sites is 1. The summed E-state index contributed by atoms with van der Waals surface area (Å²) in [5.74, 6) is 0.963. The second kappa shape index (κ2) is 8.95. The Kier molecular flexibility index (Phi) is 7.46. The van der Waals surface area contributed by atoms with Gasteiger partial charge in [-0.05, 0) is 32.5 Å². The van der Waals surface area contributed by atoms with Crippen molar-refractivity contribution in [2.45, 2.75) is 32.2 Å². The fraction of sp³-hybridized carbons (Fsp3) is 0.600. The maximum Gasteiger partial charge on any atom is 0.123 e. The molecule has 102 valence electrons. The minimum absolute atomic E-state index is 0.317. The molecule has 0 atom stereocenters. The third-order valence-corrected chi connectivity index (χ3v) is 3.08. The summed E-state index contributed by atoms with van der Waals surface area (Å²) >= 11 is 0. The first-order valence-corrected chi connectivity index (χ1v) is 6.69. The van der Waals surface area contributed by atoms with Crippen molar-refractivity contribution < 1.29 is 9.84 Å².